The average Bonchev–Trinajstić information content (AvgIpc) is 2.86. The first kappa shape index (κ1) is 28.0. The Morgan fingerprint density at radius 2 is 1.70 bits per heavy atom. The summed E-state index contributed by atoms with van der Waals surface area (Å²) in [4.78, 5) is 54.9. The fourth-order valence-electron chi connectivity index (χ4n) is 3.69. The fraction of sp³-hybridized carbons (Fsp3) is 0.360. The van der Waals surface area contributed by atoms with Gasteiger partial charge < -0.3 is 14.5 Å². The minimum absolute atomic E-state index is 0.127. The number of ether oxygens (including phenoxy) is 2. The fourth-order valence-corrected chi connectivity index (χ4v) is 6.25. The summed E-state index contributed by atoms with van der Waals surface area (Å²) in [6.07, 6.45) is -0.785. The molecule has 2 atom stereocenters. The Bertz CT molecular complexity index is 1110. The van der Waals surface area contributed by atoms with Crippen LogP contribution < -0.4 is 15.8 Å². The van der Waals surface area contributed by atoms with Crippen molar-refractivity contribution in [3.63, 3.8) is 0 Å². The standard InChI is InChI=1S/C25H31ClN4O6Si/c1-25(2,3)36-24(34)30-16-37(29-23(33)35-15-17-7-5-4-6-8-17)14-13-20(30)22(32)28-27-21(31)18-9-11-19(26)12-10-18/h4-12,20,37H,13-16H2,1-3H3,(H,27,31)(H,28,32)(H,29,33)/t20-,37+/m1/s1. The molecule has 1 heterocycles. The summed E-state index contributed by atoms with van der Waals surface area (Å²) in [7, 11) is -2.04. The molecule has 10 nitrogen and oxygen atoms in total. The number of nitrogens with zero attached hydrogens (tertiary/aromatic N) is 1. The Kier molecular flexibility index (Phi) is 9.53. The monoisotopic (exact) mass is 546 g/mol. The van der Waals surface area contributed by atoms with Crippen LogP contribution >= 0.6 is 11.6 Å². The van der Waals surface area contributed by atoms with E-state index in [1.807, 2.05) is 30.3 Å². The van der Waals surface area contributed by atoms with Crippen molar-refractivity contribution in [2.24, 2.45) is 0 Å². The molecule has 198 valence electrons. The molecule has 4 amide bonds. The molecule has 0 bridgehead atoms. The SMILES string of the molecule is CC(C)(C)OC(=O)N1C[Si@@H](NC(=O)OCc2ccccc2)CC[C@@H]1C(=O)NNC(=O)c1ccc(Cl)cc1. The predicted molar refractivity (Wildman–Crippen MR) is 140 cm³/mol. The van der Waals surface area contributed by atoms with Crippen molar-refractivity contribution in [1.29, 1.82) is 0 Å². The lowest BCUT2D eigenvalue weighted by Gasteiger charge is -2.38. The van der Waals surface area contributed by atoms with E-state index < -0.39 is 44.6 Å². The summed E-state index contributed by atoms with van der Waals surface area (Å²) in [6.45, 7) is 5.31. The van der Waals surface area contributed by atoms with E-state index in [2.05, 4.69) is 15.8 Å². The Morgan fingerprint density at radius 3 is 2.35 bits per heavy atom. The predicted octanol–water partition coefficient (Wildman–Crippen LogP) is 3.30. The molecule has 3 rings (SSSR count). The molecule has 1 saturated heterocycles. The first-order valence-electron chi connectivity index (χ1n) is 11.8. The smallest absolute Gasteiger partial charge is 0.410 e. The number of halogens is 1. The van der Waals surface area contributed by atoms with Gasteiger partial charge in [0.15, 0.2) is 8.96 Å². The van der Waals surface area contributed by atoms with Gasteiger partial charge in [0.05, 0.1) is 0 Å². The van der Waals surface area contributed by atoms with E-state index in [4.69, 9.17) is 21.1 Å². The third kappa shape index (κ3) is 8.79. The first-order chi connectivity index (χ1) is 17.5. The van der Waals surface area contributed by atoms with Crippen LogP contribution in [0, 0.1) is 0 Å². The van der Waals surface area contributed by atoms with E-state index >= 15 is 0 Å². The first-order valence-corrected chi connectivity index (χ1v) is 14.4. The molecule has 37 heavy (non-hydrogen) atoms. The molecule has 1 aliphatic rings. The van der Waals surface area contributed by atoms with Gasteiger partial charge in [-0.25, -0.2) is 9.59 Å². The van der Waals surface area contributed by atoms with Gasteiger partial charge in [0.25, 0.3) is 11.8 Å². The molecule has 12 heteroatoms. The Hall–Kier alpha value is -3.57. The van der Waals surface area contributed by atoms with Crippen molar-refractivity contribution in [3.8, 4) is 0 Å². The van der Waals surface area contributed by atoms with E-state index in [0.29, 0.717) is 16.6 Å². The number of hydrogen-bond donors (Lipinski definition) is 3. The summed E-state index contributed by atoms with van der Waals surface area (Å²) < 4.78 is 10.8. The molecule has 1 fully saturated rings. The number of rotatable bonds is 5. The average molecular weight is 547 g/mol. The van der Waals surface area contributed by atoms with Crippen LogP contribution in [0.4, 0.5) is 9.59 Å². The zero-order valence-corrected chi connectivity index (χ0v) is 22.9. The quantitative estimate of drug-likeness (QED) is 0.390. The maximum atomic E-state index is 13.0. The number of carbonyl (C=O) groups excluding carboxylic acids is 4. The summed E-state index contributed by atoms with van der Waals surface area (Å²) >= 11 is 5.84. The topological polar surface area (TPSA) is 126 Å². The van der Waals surface area contributed by atoms with Crippen LogP contribution in [0.15, 0.2) is 54.6 Å². The zero-order valence-electron chi connectivity index (χ0n) is 21.0. The molecule has 0 aromatic heterocycles. The van der Waals surface area contributed by atoms with E-state index in [0.717, 1.165) is 5.56 Å². The lowest BCUT2D eigenvalue weighted by Crippen LogP contribution is -2.62. The van der Waals surface area contributed by atoms with Gasteiger partial charge in [0, 0.05) is 16.8 Å². The van der Waals surface area contributed by atoms with E-state index in [1.165, 1.54) is 17.0 Å². The third-order valence-electron chi connectivity index (χ3n) is 5.45. The summed E-state index contributed by atoms with van der Waals surface area (Å²) in [6, 6.07) is 15.1. The van der Waals surface area contributed by atoms with Gasteiger partial charge in [-0.15, -0.1) is 0 Å². The maximum Gasteiger partial charge on any atom is 0.410 e. The lowest BCUT2D eigenvalue weighted by molar-refractivity contribution is -0.127. The number of nitrogens with one attached hydrogen (secondary N) is 3. The number of hydrazine groups is 1. The van der Waals surface area contributed by atoms with Crippen molar-refractivity contribution in [2.45, 2.75) is 51.5 Å². The lowest BCUT2D eigenvalue weighted by atomic mass is 10.2. The van der Waals surface area contributed by atoms with Gasteiger partial charge in [-0.1, -0.05) is 41.9 Å². The second kappa shape index (κ2) is 12.6. The van der Waals surface area contributed by atoms with Gasteiger partial charge >= 0.3 is 12.2 Å². The largest absolute Gasteiger partial charge is 0.445 e. The Balaban J connectivity index is 1.60. The van der Waals surface area contributed by atoms with Crippen LogP contribution in [-0.4, -0.2) is 55.7 Å². The highest BCUT2D eigenvalue weighted by atomic mass is 35.5. The zero-order chi connectivity index (χ0) is 27.0. The molecule has 1 aliphatic heterocycles. The summed E-state index contributed by atoms with van der Waals surface area (Å²) in [5.41, 5.74) is 5.13. The minimum Gasteiger partial charge on any atom is -0.445 e. The molecule has 2 aromatic carbocycles. The van der Waals surface area contributed by atoms with Crippen molar-refractivity contribution in [1.82, 2.24) is 20.7 Å². The molecule has 0 radical (unpaired) electrons. The normalized spacial score (nSPS) is 17.4. The van der Waals surface area contributed by atoms with Crippen molar-refractivity contribution in [2.75, 3.05) is 6.17 Å². The molecule has 0 unspecified atom stereocenters. The second-order valence-corrected chi connectivity index (χ2v) is 12.6. The van der Waals surface area contributed by atoms with Crippen molar-refractivity contribution < 1.29 is 28.7 Å². The van der Waals surface area contributed by atoms with Crippen LogP contribution in [-0.2, 0) is 20.9 Å². The molecule has 0 saturated carbocycles. The number of amides is 4. The van der Waals surface area contributed by atoms with E-state index in [9.17, 15) is 19.2 Å². The number of hydrogen-bond acceptors (Lipinski definition) is 6. The van der Waals surface area contributed by atoms with Gasteiger partial charge in [0.1, 0.15) is 18.2 Å². The maximum absolute atomic E-state index is 13.0. The van der Waals surface area contributed by atoms with Crippen LogP contribution in [0.5, 0.6) is 0 Å². The number of benzene rings is 2. The van der Waals surface area contributed by atoms with Gasteiger partial charge in [-0.05, 0) is 63.1 Å². The molecule has 0 spiro atoms. The summed E-state index contributed by atoms with van der Waals surface area (Å²) in [5.74, 6) is -1.09. The highest BCUT2D eigenvalue weighted by Gasteiger charge is 2.39. The van der Waals surface area contributed by atoms with Gasteiger partial charge in [0.2, 0.25) is 0 Å². The van der Waals surface area contributed by atoms with Gasteiger partial charge in [-0.2, -0.15) is 0 Å². The highest BCUT2D eigenvalue weighted by molar-refractivity contribution is 6.59. The van der Waals surface area contributed by atoms with E-state index in [1.54, 1.807) is 32.9 Å². The molecular formula is C25H31ClN4O6Si. The Morgan fingerprint density at radius 1 is 1.03 bits per heavy atom. The van der Waals surface area contributed by atoms with Gasteiger partial charge in [-0.3, -0.25) is 25.3 Å². The summed E-state index contributed by atoms with van der Waals surface area (Å²) in [5, 5.41) is 0.479. The highest BCUT2D eigenvalue weighted by Crippen LogP contribution is 2.21. The third-order valence-corrected chi connectivity index (χ3v) is 8.21. The second-order valence-electron chi connectivity index (χ2n) is 9.58. The molecular weight excluding hydrogens is 516 g/mol. The minimum atomic E-state index is -2.04. The van der Waals surface area contributed by atoms with Crippen LogP contribution in [0.3, 0.4) is 0 Å². The Labute approximate surface area is 222 Å². The molecule has 0 aliphatic carbocycles. The molecule has 2 aromatic rings. The van der Waals surface area contributed by atoms with Crippen LogP contribution in [0.25, 0.3) is 0 Å². The van der Waals surface area contributed by atoms with Crippen LogP contribution in [0.1, 0.15) is 43.1 Å². The van der Waals surface area contributed by atoms with Crippen LogP contribution in [0.2, 0.25) is 11.1 Å². The number of carbonyl (C=O) groups is 4. The van der Waals surface area contributed by atoms with Crippen molar-refractivity contribution >= 4 is 44.6 Å². The molecule has 3 N–H and O–H groups in total. The van der Waals surface area contributed by atoms with Crippen molar-refractivity contribution in [3.05, 3.63) is 70.7 Å². The van der Waals surface area contributed by atoms with E-state index in [-0.39, 0.29) is 19.2 Å².